The standard InChI is InChI=1S/C57H36BrN/c58-41-22-15-17-38(34-41)43-23-9-10-25-45(43)50-36-54-55(48-28-12-11-26-46(48)50)49-32-30-37-16-7-8-24-44(37)56(49)59(54)42-31-33-53-51(35-42)47-27-13-14-29-52(47)57(53,39-18-3-1-4-19-39)40-20-5-2-6-21-40/h1-36H. The van der Waals surface area contributed by atoms with E-state index in [2.05, 4.69) is 239 Å². The zero-order valence-corrected chi connectivity index (χ0v) is 33.7. The van der Waals surface area contributed by atoms with E-state index in [-0.39, 0.29) is 0 Å². The topological polar surface area (TPSA) is 4.93 Å². The van der Waals surface area contributed by atoms with E-state index in [9.17, 15) is 0 Å². The summed E-state index contributed by atoms with van der Waals surface area (Å²) in [4.78, 5) is 0. The van der Waals surface area contributed by atoms with Crippen LogP contribution in [0.2, 0.25) is 0 Å². The lowest BCUT2D eigenvalue weighted by atomic mass is 9.68. The van der Waals surface area contributed by atoms with Gasteiger partial charge in [0.1, 0.15) is 0 Å². The van der Waals surface area contributed by atoms with E-state index in [1.807, 2.05) is 0 Å². The third kappa shape index (κ3) is 4.97. The molecule has 1 aliphatic carbocycles. The molecule has 0 unspecified atom stereocenters. The van der Waals surface area contributed by atoms with Gasteiger partial charge in [0, 0.05) is 26.3 Å². The summed E-state index contributed by atoms with van der Waals surface area (Å²) in [6, 6.07) is 80.8. The molecule has 10 aromatic carbocycles. The first-order chi connectivity index (χ1) is 29.2. The highest BCUT2D eigenvalue weighted by atomic mass is 79.9. The number of nitrogens with zero attached hydrogens (tertiary/aromatic N) is 1. The molecule has 0 N–H and O–H groups in total. The average molecular weight is 815 g/mol. The Labute approximate surface area is 351 Å². The molecular weight excluding hydrogens is 779 g/mol. The fourth-order valence-corrected chi connectivity index (χ4v) is 10.7. The van der Waals surface area contributed by atoms with E-state index in [0.29, 0.717) is 0 Å². The maximum Gasteiger partial charge on any atom is 0.0713 e. The van der Waals surface area contributed by atoms with E-state index in [1.165, 1.54) is 99.0 Å². The van der Waals surface area contributed by atoms with Crippen LogP contribution in [0.25, 0.3) is 82.4 Å². The Morgan fingerprint density at radius 1 is 0.373 bits per heavy atom. The molecule has 1 aromatic heterocycles. The first-order valence-corrected chi connectivity index (χ1v) is 21.1. The van der Waals surface area contributed by atoms with Gasteiger partial charge in [-0.3, -0.25) is 0 Å². The maximum atomic E-state index is 3.75. The Kier molecular flexibility index (Phi) is 7.67. The van der Waals surface area contributed by atoms with Crippen molar-refractivity contribution < 1.29 is 0 Å². The second kappa shape index (κ2) is 13.3. The second-order valence-corrected chi connectivity index (χ2v) is 16.6. The van der Waals surface area contributed by atoms with Crippen molar-refractivity contribution in [1.82, 2.24) is 4.57 Å². The molecule has 0 fully saturated rings. The summed E-state index contributed by atoms with van der Waals surface area (Å²) in [5.41, 5.74) is 15.6. The van der Waals surface area contributed by atoms with Gasteiger partial charge in [0.15, 0.2) is 0 Å². The van der Waals surface area contributed by atoms with E-state index >= 15 is 0 Å². The minimum absolute atomic E-state index is 0.458. The fraction of sp³-hybridized carbons (Fsp3) is 0.0175. The van der Waals surface area contributed by atoms with Gasteiger partial charge in [0.05, 0.1) is 16.4 Å². The van der Waals surface area contributed by atoms with Gasteiger partial charge in [-0.2, -0.15) is 0 Å². The first-order valence-electron chi connectivity index (χ1n) is 20.3. The molecule has 2 heteroatoms. The van der Waals surface area contributed by atoms with Crippen molar-refractivity contribution in [2.45, 2.75) is 5.41 Å². The molecule has 59 heavy (non-hydrogen) atoms. The van der Waals surface area contributed by atoms with Crippen LogP contribution in [-0.2, 0) is 5.41 Å². The molecule has 0 atom stereocenters. The van der Waals surface area contributed by atoms with Crippen LogP contribution >= 0.6 is 15.9 Å². The normalized spacial score (nSPS) is 13.0. The number of fused-ring (bicyclic) bond motifs is 10. The third-order valence-electron chi connectivity index (χ3n) is 12.7. The monoisotopic (exact) mass is 813 g/mol. The summed E-state index contributed by atoms with van der Waals surface area (Å²) in [6.45, 7) is 0. The minimum Gasteiger partial charge on any atom is -0.309 e. The SMILES string of the molecule is Brc1cccc(-c2ccccc2-c2cc3c(c4ccccc24)c2ccc4ccccc4c2n3-c2ccc3c(c2)-c2ccccc2C3(c2ccccc2)c2ccccc2)c1. The highest BCUT2D eigenvalue weighted by Crippen LogP contribution is 2.57. The molecule has 1 aliphatic rings. The van der Waals surface area contributed by atoms with Crippen molar-refractivity contribution in [2.75, 3.05) is 0 Å². The molecule has 276 valence electrons. The van der Waals surface area contributed by atoms with E-state index < -0.39 is 5.41 Å². The largest absolute Gasteiger partial charge is 0.309 e. The number of hydrogen-bond donors (Lipinski definition) is 0. The van der Waals surface area contributed by atoms with E-state index in [1.54, 1.807) is 0 Å². The van der Waals surface area contributed by atoms with Gasteiger partial charge in [-0.25, -0.2) is 0 Å². The zero-order valence-electron chi connectivity index (χ0n) is 32.1. The van der Waals surface area contributed by atoms with Gasteiger partial charge in [-0.15, -0.1) is 0 Å². The smallest absolute Gasteiger partial charge is 0.0713 e. The second-order valence-electron chi connectivity index (χ2n) is 15.7. The Hall–Kier alpha value is -7.00. The number of halogens is 1. The van der Waals surface area contributed by atoms with E-state index in [0.717, 1.165) is 10.2 Å². The van der Waals surface area contributed by atoms with Crippen molar-refractivity contribution >= 4 is 59.3 Å². The molecule has 1 nitrogen and oxygen atoms in total. The number of hydrogen-bond acceptors (Lipinski definition) is 0. The molecule has 0 spiro atoms. The van der Waals surface area contributed by atoms with Crippen molar-refractivity contribution in [1.29, 1.82) is 0 Å². The van der Waals surface area contributed by atoms with Gasteiger partial charge in [0.2, 0.25) is 0 Å². The molecule has 1 heterocycles. The summed E-state index contributed by atoms with van der Waals surface area (Å²) < 4.78 is 3.62. The molecule has 0 radical (unpaired) electrons. The van der Waals surface area contributed by atoms with Crippen molar-refractivity contribution in [2.24, 2.45) is 0 Å². The lowest BCUT2D eigenvalue weighted by molar-refractivity contribution is 0.768. The molecule has 0 saturated heterocycles. The number of rotatable bonds is 5. The number of benzene rings is 10. The molecule has 11 aromatic rings. The van der Waals surface area contributed by atoms with Crippen molar-refractivity contribution in [3.63, 3.8) is 0 Å². The van der Waals surface area contributed by atoms with Crippen LogP contribution in [0.5, 0.6) is 0 Å². The van der Waals surface area contributed by atoms with Gasteiger partial charge >= 0.3 is 0 Å². The zero-order chi connectivity index (χ0) is 39.1. The van der Waals surface area contributed by atoms with Crippen LogP contribution in [0.3, 0.4) is 0 Å². The lowest BCUT2D eigenvalue weighted by Crippen LogP contribution is -2.28. The van der Waals surface area contributed by atoms with Crippen molar-refractivity contribution in [3.05, 3.63) is 245 Å². The summed E-state index contributed by atoms with van der Waals surface area (Å²) in [5.74, 6) is 0. The first kappa shape index (κ1) is 34.1. The van der Waals surface area contributed by atoms with Crippen LogP contribution in [0.1, 0.15) is 22.3 Å². The quantitative estimate of drug-likeness (QED) is 0.163. The molecule has 12 rings (SSSR count). The summed E-state index contributed by atoms with van der Waals surface area (Å²) >= 11 is 3.75. The predicted octanol–water partition coefficient (Wildman–Crippen LogP) is 15.5. The Morgan fingerprint density at radius 3 is 1.76 bits per heavy atom. The maximum absolute atomic E-state index is 3.75. The van der Waals surface area contributed by atoms with Crippen LogP contribution in [0.15, 0.2) is 223 Å². The summed E-state index contributed by atoms with van der Waals surface area (Å²) in [6.07, 6.45) is 0. The Bertz CT molecular complexity index is 3410. The van der Waals surface area contributed by atoms with Gasteiger partial charge < -0.3 is 4.57 Å². The molecule has 0 amide bonds. The van der Waals surface area contributed by atoms with Crippen LogP contribution < -0.4 is 0 Å². The Balaban J connectivity index is 1.21. The molecule has 0 aliphatic heterocycles. The summed E-state index contributed by atoms with van der Waals surface area (Å²) in [5, 5.41) is 7.49. The molecule has 0 bridgehead atoms. The number of aromatic nitrogens is 1. The molecular formula is C57H36BrN. The van der Waals surface area contributed by atoms with Crippen LogP contribution in [0.4, 0.5) is 0 Å². The Morgan fingerprint density at radius 2 is 1.00 bits per heavy atom. The highest BCUT2D eigenvalue weighted by Gasteiger charge is 2.46. The van der Waals surface area contributed by atoms with Crippen molar-refractivity contribution in [3.8, 4) is 39.1 Å². The molecule has 0 saturated carbocycles. The van der Waals surface area contributed by atoms with Gasteiger partial charge in [-0.05, 0) is 102 Å². The third-order valence-corrected chi connectivity index (χ3v) is 13.2. The average Bonchev–Trinajstić information content (AvgIpc) is 3.80. The van der Waals surface area contributed by atoms with Gasteiger partial charge in [0.25, 0.3) is 0 Å². The lowest BCUT2D eigenvalue weighted by Gasteiger charge is -2.33. The predicted molar refractivity (Wildman–Crippen MR) is 252 cm³/mol. The highest BCUT2D eigenvalue weighted by molar-refractivity contribution is 9.10. The summed E-state index contributed by atoms with van der Waals surface area (Å²) in [7, 11) is 0. The minimum atomic E-state index is -0.458. The van der Waals surface area contributed by atoms with Crippen LogP contribution in [-0.4, -0.2) is 4.57 Å². The fourth-order valence-electron chi connectivity index (χ4n) is 10.3. The van der Waals surface area contributed by atoms with E-state index in [4.69, 9.17) is 0 Å². The van der Waals surface area contributed by atoms with Crippen LogP contribution in [0, 0.1) is 0 Å². The van der Waals surface area contributed by atoms with Gasteiger partial charge in [-0.1, -0.05) is 204 Å².